The molecule has 3 heteroatoms. The Morgan fingerprint density at radius 2 is 1.33 bits per heavy atom. The highest BCUT2D eigenvalue weighted by molar-refractivity contribution is 9.10. The lowest BCUT2D eigenvalue weighted by atomic mass is 10.8. The van der Waals surface area contributed by atoms with E-state index in [1.54, 1.807) is 31.4 Å². The average Bonchev–Trinajstić information content (AvgIpc) is 1.89. The maximum atomic E-state index is 2.07. The van der Waals surface area contributed by atoms with Crippen LogP contribution in [0.25, 0.3) is 0 Å². The number of hydrogen-bond donors (Lipinski definition) is 0. The van der Waals surface area contributed by atoms with E-state index in [0.29, 0.717) is 0 Å². The Morgan fingerprint density at radius 3 is 1.67 bits per heavy atom. The zero-order valence-corrected chi connectivity index (χ0v) is 7.98. The van der Waals surface area contributed by atoms with E-state index < -0.39 is 0 Å². The predicted molar refractivity (Wildman–Crippen MR) is 52.4 cm³/mol. The molecular formula is C6H10S3. The molecule has 0 aromatic heterocycles. The summed E-state index contributed by atoms with van der Waals surface area (Å²) in [5.74, 6) is 0. The maximum absolute atomic E-state index is 2.07. The van der Waals surface area contributed by atoms with Crippen LogP contribution in [0.4, 0.5) is 0 Å². The molecule has 0 unspecified atom stereocenters. The van der Waals surface area contributed by atoms with Crippen LogP contribution in [0.3, 0.4) is 0 Å². The summed E-state index contributed by atoms with van der Waals surface area (Å²) in [5, 5.41) is 4.14. The van der Waals surface area contributed by atoms with E-state index in [1.807, 2.05) is 26.0 Å². The average molecular weight is 178 g/mol. The summed E-state index contributed by atoms with van der Waals surface area (Å²) < 4.78 is 0. The van der Waals surface area contributed by atoms with E-state index in [-0.39, 0.29) is 0 Å². The topological polar surface area (TPSA) is 0 Å². The van der Waals surface area contributed by atoms with Crippen molar-refractivity contribution in [3.05, 3.63) is 23.0 Å². The minimum atomic E-state index is 1.74. The third-order valence-corrected chi connectivity index (χ3v) is 3.94. The molecule has 9 heavy (non-hydrogen) atoms. The van der Waals surface area contributed by atoms with Gasteiger partial charge < -0.3 is 0 Å². The molecule has 0 saturated heterocycles. The van der Waals surface area contributed by atoms with Crippen LogP contribution < -0.4 is 0 Å². The molecule has 0 atom stereocenters. The summed E-state index contributed by atoms with van der Waals surface area (Å²) in [6, 6.07) is 0. The molecule has 0 radical (unpaired) electrons. The molecule has 0 N–H and O–H groups in total. The van der Waals surface area contributed by atoms with E-state index in [1.165, 1.54) is 0 Å². The van der Waals surface area contributed by atoms with Gasteiger partial charge in [0, 0.05) is 0 Å². The Labute approximate surface area is 68.4 Å². The van der Waals surface area contributed by atoms with Crippen LogP contribution in [-0.2, 0) is 0 Å². The summed E-state index contributed by atoms with van der Waals surface area (Å²) in [4.78, 5) is 0. The number of hydrogen-bond acceptors (Lipinski definition) is 3. The van der Waals surface area contributed by atoms with Crippen LogP contribution in [0.2, 0.25) is 0 Å². The van der Waals surface area contributed by atoms with Crippen LogP contribution in [0, 0.1) is 0 Å². The van der Waals surface area contributed by atoms with Crippen molar-refractivity contribution < 1.29 is 0 Å². The van der Waals surface area contributed by atoms with Gasteiger partial charge in [0.25, 0.3) is 0 Å². The van der Waals surface area contributed by atoms with Gasteiger partial charge in [-0.25, -0.2) is 0 Å². The fourth-order valence-corrected chi connectivity index (χ4v) is 2.84. The number of allylic oxidation sites excluding steroid dienone is 2. The van der Waals surface area contributed by atoms with E-state index >= 15 is 0 Å². The molecule has 0 spiro atoms. The third kappa shape index (κ3) is 8.53. The smallest absolute Gasteiger partial charge is 0.0158 e. The van der Waals surface area contributed by atoms with Gasteiger partial charge in [-0.05, 0) is 34.5 Å². The second kappa shape index (κ2) is 8.53. The van der Waals surface area contributed by atoms with Crippen LogP contribution >= 0.6 is 31.4 Å². The quantitative estimate of drug-likeness (QED) is 0.470. The standard InChI is InChI=1S/C6H10S3/c1-3-5-7-9-8-6-4-2/h3-6H,1-2H3. The highest BCUT2D eigenvalue weighted by Gasteiger charge is 1.78. The maximum Gasteiger partial charge on any atom is -0.0158 e. The van der Waals surface area contributed by atoms with Crippen LogP contribution in [-0.4, -0.2) is 0 Å². The normalized spacial score (nSPS) is 11.8. The summed E-state index contributed by atoms with van der Waals surface area (Å²) in [6.07, 6.45) is 4.07. The fraction of sp³-hybridized carbons (Fsp3) is 0.333. The van der Waals surface area contributed by atoms with Crippen molar-refractivity contribution in [3.8, 4) is 0 Å². The molecule has 0 fully saturated rings. The van der Waals surface area contributed by atoms with E-state index in [0.717, 1.165) is 0 Å². The van der Waals surface area contributed by atoms with Crippen LogP contribution in [0.15, 0.2) is 23.0 Å². The Morgan fingerprint density at radius 1 is 0.889 bits per heavy atom. The van der Waals surface area contributed by atoms with Crippen molar-refractivity contribution >= 4 is 31.4 Å². The molecule has 0 amide bonds. The highest BCUT2D eigenvalue weighted by Crippen LogP contribution is 2.35. The highest BCUT2D eigenvalue weighted by atomic mass is 33.5. The predicted octanol–water partition coefficient (Wildman–Crippen LogP) is 4.08. The molecular weight excluding hydrogens is 168 g/mol. The summed E-state index contributed by atoms with van der Waals surface area (Å²) >= 11 is 0. The molecule has 0 aliphatic heterocycles. The monoisotopic (exact) mass is 178 g/mol. The zero-order chi connectivity index (χ0) is 6.95. The molecule has 0 saturated carbocycles. The van der Waals surface area contributed by atoms with Crippen molar-refractivity contribution in [2.45, 2.75) is 13.8 Å². The van der Waals surface area contributed by atoms with E-state index in [4.69, 9.17) is 0 Å². The first kappa shape index (κ1) is 9.53. The fourth-order valence-electron chi connectivity index (χ4n) is 0.179. The summed E-state index contributed by atoms with van der Waals surface area (Å²) in [7, 11) is 5.24. The van der Waals surface area contributed by atoms with E-state index in [9.17, 15) is 0 Å². The Kier molecular flexibility index (Phi) is 9.03. The molecule has 0 bridgehead atoms. The van der Waals surface area contributed by atoms with Gasteiger partial charge in [0.05, 0.1) is 0 Å². The van der Waals surface area contributed by atoms with Gasteiger partial charge in [0.15, 0.2) is 0 Å². The minimum Gasteiger partial charge on any atom is -0.0804 e. The third-order valence-electron chi connectivity index (χ3n) is 0.462. The largest absolute Gasteiger partial charge is 0.0804 e. The van der Waals surface area contributed by atoms with Gasteiger partial charge in [0.1, 0.15) is 0 Å². The van der Waals surface area contributed by atoms with Gasteiger partial charge in [-0.3, -0.25) is 0 Å². The van der Waals surface area contributed by atoms with Gasteiger partial charge in [-0.1, -0.05) is 33.7 Å². The summed E-state index contributed by atoms with van der Waals surface area (Å²) in [6.45, 7) is 4.04. The van der Waals surface area contributed by atoms with Gasteiger partial charge in [-0.2, -0.15) is 0 Å². The van der Waals surface area contributed by atoms with Gasteiger partial charge >= 0.3 is 0 Å². The first-order valence-corrected chi connectivity index (χ1v) is 6.24. The van der Waals surface area contributed by atoms with Gasteiger partial charge in [0.2, 0.25) is 0 Å². The Hall–Kier alpha value is 0.530. The molecule has 0 aromatic rings. The second-order valence-corrected chi connectivity index (χ2v) is 5.05. The van der Waals surface area contributed by atoms with E-state index in [2.05, 4.69) is 10.8 Å². The molecule has 0 nitrogen and oxygen atoms in total. The SMILES string of the molecule is CC=CSSSC=CC. The Bertz CT molecular complexity index is 84.5. The minimum absolute atomic E-state index is 1.74. The van der Waals surface area contributed by atoms with Crippen LogP contribution in [0.1, 0.15) is 13.8 Å². The first-order valence-electron chi connectivity index (χ1n) is 2.63. The van der Waals surface area contributed by atoms with Gasteiger partial charge in [-0.15, -0.1) is 0 Å². The molecule has 0 aliphatic carbocycles. The second-order valence-electron chi connectivity index (χ2n) is 1.20. The van der Waals surface area contributed by atoms with Crippen molar-refractivity contribution in [1.82, 2.24) is 0 Å². The summed E-state index contributed by atoms with van der Waals surface area (Å²) in [5.41, 5.74) is 0. The molecule has 0 aliphatic rings. The van der Waals surface area contributed by atoms with Crippen molar-refractivity contribution in [1.29, 1.82) is 0 Å². The van der Waals surface area contributed by atoms with Crippen LogP contribution in [0.5, 0.6) is 0 Å². The Balaban J connectivity index is 2.91. The lowest BCUT2D eigenvalue weighted by Crippen LogP contribution is -1.38. The molecule has 52 valence electrons. The molecule has 0 aromatic carbocycles. The zero-order valence-electron chi connectivity index (χ0n) is 5.53. The lowest BCUT2D eigenvalue weighted by Gasteiger charge is -1.85. The first-order chi connectivity index (χ1) is 4.41. The molecule has 0 heterocycles. The van der Waals surface area contributed by atoms with Crippen molar-refractivity contribution in [3.63, 3.8) is 0 Å². The van der Waals surface area contributed by atoms with Crippen molar-refractivity contribution in [2.24, 2.45) is 0 Å². The van der Waals surface area contributed by atoms with Crippen molar-refractivity contribution in [2.75, 3.05) is 0 Å². The lowest BCUT2D eigenvalue weighted by molar-refractivity contribution is 1.79. The molecule has 0 rings (SSSR count). The number of rotatable bonds is 4.